The number of benzene rings is 2. The minimum Gasteiger partial charge on any atom is -0.445 e. The molecule has 0 unspecified atom stereocenters. The molecule has 4 rings (SSSR count). The Morgan fingerprint density at radius 3 is 1.94 bits per heavy atom. The maximum Gasteiger partial charge on any atom is 0.253 e. The Bertz CT molecular complexity index is 1280. The molecular formula is C43H66F2N4O5. The lowest BCUT2D eigenvalue weighted by Gasteiger charge is -2.16. The van der Waals surface area contributed by atoms with Crippen molar-refractivity contribution in [3.05, 3.63) is 90.3 Å². The molecule has 0 spiro atoms. The van der Waals surface area contributed by atoms with Crippen molar-refractivity contribution in [1.82, 2.24) is 20.5 Å². The summed E-state index contributed by atoms with van der Waals surface area (Å²) in [7, 11) is 1.68. The number of hydrogen-bond acceptors (Lipinski definition) is 7. The molecular weight excluding hydrogens is 690 g/mol. The van der Waals surface area contributed by atoms with Crippen molar-refractivity contribution in [2.75, 3.05) is 46.5 Å². The van der Waals surface area contributed by atoms with Gasteiger partial charge in [-0.3, -0.25) is 9.59 Å². The predicted molar refractivity (Wildman–Crippen MR) is 220 cm³/mol. The monoisotopic (exact) mass is 757 g/mol. The standard InChI is InChI=1S/C15H16N2O2.C9H20N2O.C7H6F2.2C3H8O.C2H4.2C2H2/c1-11-8-12(14-16-4-7-19-14)10-13(9-11)15(18)17-5-2-3-6-17;1-3-4-6-10-7-5-9(2)11-8-12;1-5-2-6(8)4-7(9)3-5;1-3-4-2;1-2-3-4;3*1-2/h4,7-10H,2-3,5-6H2,1H3;8-10H,3-7H2,1-2H3,(H,11,12);2-4H,1H3;3H2,1-2H3;4H,2-3H2,1H3;1-2H2;2*1-2H/t;9-;;;;;;/m.0....../s1. The van der Waals surface area contributed by atoms with Crippen LogP contribution in [0, 0.1) is 51.2 Å². The number of hydrogen-bond donors (Lipinski definition) is 3. The van der Waals surface area contributed by atoms with Crippen LogP contribution in [0.4, 0.5) is 8.78 Å². The number of halogens is 2. The lowest BCUT2D eigenvalue weighted by atomic mass is 10.1. The van der Waals surface area contributed by atoms with Gasteiger partial charge < -0.3 is 29.8 Å². The lowest BCUT2D eigenvalue weighted by Crippen LogP contribution is -2.29. The minimum absolute atomic E-state index is 0.106. The third-order valence-electron chi connectivity index (χ3n) is 6.73. The number of amides is 2. The smallest absolute Gasteiger partial charge is 0.253 e. The Morgan fingerprint density at radius 1 is 0.981 bits per heavy atom. The Labute approximate surface area is 325 Å². The van der Waals surface area contributed by atoms with Gasteiger partial charge in [-0.15, -0.1) is 38.9 Å². The first kappa shape index (κ1) is 55.9. The van der Waals surface area contributed by atoms with Gasteiger partial charge in [0.2, 0.25) is 12.3 Å². The van der Waals surface area contributed by atoms with Gasteiger partial charge in [-0.2, -0.15) is 0 Å². The quantitative estimate of drug-likeness (QED) is 0.0736. The molecule has 1 aromatic heterocycles. The van der Waals surface area contributed by atoms with E-state index in [0.717, 1.165) is 87.6 Å². The highest BCUT2D eigenvalue weighted by molar-refractivity contribution is 5.95. The maximum absolute atomic E-state index is 12.4. The maximum atomic E-state index is 12.4. The van der Waals surface area contributed by atoms with Crippen molar-refractivity contribution >= 4 is 12.3 Å². The molecule has 0 aliphatic carbocycles. The number of nitrogens with one attached hydrogen (secondary N) is 2. The Kier molecular flexibility index (Phi) is 42.4. The van der Waals surface area contributed by atoms with Gasteiger partial charge in [-0.05, 0) is 114 Å². The van der Waals surface area contributed by atoms with Crippen LogP contribution in [0.5, 0.6) is 0 Å². The summed E-state index contributed by atoms with van der Waals surface area (Å²) in [5.41, 5.74) is 3.22. The summed E-state index contributed by atoms with van der Waals surface area (Å²) in [5.74, 6) is -0.381. The first-order chi connectivity index (χ1) is 26.1. The number of oxazole rings is 1. The third-order valence-corrected chi connectivity index (χ3v) is 6.73. The van der Waals surface area contributed by atoms with Crippen molar-refractivity contribution < 1.29 is 32.6 Å². The molecule has 0 radical (unpaired) electrons. The second-order valence-corrected chi connectivity index (χ2v) is 11.2. The van der Waals surface area contributed by atoms with Gasteiger partial charge in [0.15, 0.2) is 0 Å². The summed E-state index contributed by atoms with van der Waals surface area (Å²) >= 11 is 0. The number of terminal acetylenes is 2. The highest BCUT2D eigenvalue weighted by Gasteiger charge is 2.20. The van der Waals surface area contributed by atoms with E-state index in [1.807, 2.05) is 50.8 Å². The van der Waals surface area contributed by atoms with E-state index in [1.54, 1.807) is 26.5 Å². The zero-order valence-corrected chi connectivity index (χ0v) is 33.7. The van der Waals surface area contributed by atoms with Crippen molar-refractivity contribution in [2.45, 2.75) is 86.1 Å². The average molecular weight is 757 g/mol. The summed E-state index contributed by atoms with van der Waals surface area (Å²) in [5, 5.41) is 13.9. The molecule has 3 aromatic rings. The van der Waals surface area contributed by atoms with Crippen LogP contribution in [0.3, 0.4) is 0 Å². The number of rotatable bonds is 12. The number of likely N-dealkylation sites (tertiary alicyclic amines) is 1. The minimum atomic E-state index is -0.521. The second kappa shape index (κ2) is 41.0. The Morgan fingerprint density at radius 2 is 1.52 bits per heavy atom. The first-order valence-corrected chi connectivity index (χ1v) is 18.0. The number of carbonyl (C=O) groups is 2. The van der Waals surface area contributed by atoms with Gasteiger partial charge in [0.05, 0.1) is 6.20 Å². The number of aliphatic hydroxyl groups is 1. The SMILES string of the molecule is C#C.C#C.C=C.CCCCNCC[C@H](C)NC=O.CCCO.CCOC.Cc1cc(C(=O)N2CCCC2)cc(-c2ncco2)c1.Cc1cc(F)cc(F)c1. The molecule has 1 aliphatic rings. The van der Waals surface area contributed by atoms with E-state index in [1.165, 1.54) is 25.0 Å². The van der Waals surface area contributed by atoms with Gasteiger partial charge in [0.1, 0.15) is 17.9 Å². The van der Waals surface area contributed by atoms with Gasteiger partial charge in [-0.1, -0.05) is 20.3 Å². The normalized spacial score (nSPS) is 10.9. The van der Waals surface area contributed by atoms with Crippen molar-refractivity contribution in [3.63, 3.8) is 0 Å². The molecule has 1 fully saturated rings. The van der Waals surface area contributed by atoms with Crippen molar-refractivity contribution in [1.29, 1.82) is 0 Å². The molecule has 2 aromatic carbocycles. The predicted octanol–water partition coefficient (Wildman–Crippen LogP) is 8.40. The van der Waals surface area contributed by atoms with Crippen LogP contribution in [-0.2, 0) is 9.53 Å². The van der Waals surface area contributed by atoms with Crippen LogP contribution in [0.2, 0.25) is 0 Å². The molecule has 54 heavy (non-hydrogen) atoms. The molecule has 11 heteroatoms. The summed E-state index contributed by atoms with van der Waals surface area (Å²) in [6, 6.07) is 9.47. The van der Waals surface area contributed by atoms with E-state index < -0.39 is 11.6 Å². The second-order valence-electron chi connectivity index (χ2n) is 11.2. The fraction of sp³-hybridized carbons (Fsp3) is 0.465. The summed E-state index contributed by atoms with van der Waals surface area (Å²) in [6.45, 7) is 22.6. The summed E-state index contributed by atoms with van der Waals surface area (Å²) in [4.78, 5) is 28.5. The van der Waals surface area contributed by atoms with Crippen LogP contribution in [0.1, 0.15) is 87.7 Å². The highest BCUT2D eigenvalue weighted by Crippen LogP contribution is 2.22. The number of ether oxygens (including phenoxy) is 1. The van der Waals surface area contributed by atoms with E-state index in [-0.39, 0.29) is 11.9 Å². The number of nitrogens with zero attached hydrogens (tertiary/aromatic N) is 2. The first-order valence-electron chi connectivity index (χ1n) is 18.0. The topological polar surface area (TPSA) is 117 Å². The van der Waals surface area contributed by atoms with Gasteiger partial charge in [0, 0.05) is 56.6 Å². The van der Waals surface area contributed by atoms with E-state index in [9.17, 15) is 18.4 Å². The Hall–Kier alpha value is -4.81. The number of aliphatic hydroxyl groups excluding tert-OH is 1. The van der Waals surface area contributed by atoms with Crippen LogP contribution in [0.25, 0.3) is 11.5 Å². The fourth-order valence-electron chi connectivity index (χ4n) is 4.14. The van der Waals surface area contributed by atoms with Crippen LogP contribution >= 0.6 is 0 Å². The van der Waals surface area contributed by atoms with Gasteiger partial charge in [0.25, 0.3) is 5.91 Å². The number of methoxy groups -OCH3 is 1. The van der Waals surface area contributed by atoms with Crippen molar-refractivity contribution in [2.24, 2.45) is 0 Å². The Balaban J connectivity index is -0.000000310. The fourth-order valence-corrected chi connectivity index (χ4v) is 4.14. The number of aryl methyl sites for hydroxylation is 2. The molecule has 2 heterocycles. The molecule has 1 atom stereocenters. The van der Waals surface area contributed by atoms with Gasteiger partial charge >= 0.3 is 0 Å². The molecule has 302 valence electrons. The van der Waals surface area contributed by atoms with Crippen LogP contribution in [0.15, 0.2) is 66.4 Å². The van der Waals surface area contributed by atoms with Crippen LogP contribution < -0.4 is 10.6 Å². The van der Waals surface area contributed by atoms with E-state index in [2.05, 4.69) is 66.1 Å². The number of aromatic nitrogens is 1. The molecule has 3 N–H and O–H groups in total. The van der Waals surface area contributed by atoms with E-state index in [4.69, 9.17) is 9.52 Å². The zero-order chi connectivity index (χ0) is 42.2. The summed E-state index contributed by atoms with van der Waals surface area (Å²) < 4.78 is 34.2. The molecule has 2 amide bonds. The van der Waals surface area contributed by atoms with Crippen molar-refractivity contribution in [3.8, 4) is 37.1 Å². The van der Waals surface area contributed by atoms with Gasteiger partial charge in [-0.25, -0.2) is 13.8 Å². The van der Waals surface area contributed by atoms with E-state index >= 15 is 0 Å². The summed E-state index contributed by atoms with van der Waals surface area (Å²) in [6.07, 6.45) is 26.5. The number of carbonyl (C=O) groups excluding carboxylic acids is 2. The third kappa shape index (κ3) is 30.8. The molecule has 9 nitrogen and oxygen atoms in total. The van der Waals surface area contributed by atoms with E-state index in [0.29, 0.717) is 18.1 Å². The number of unbranched alkanes of at least 4 members (excludes halogenated alkanes) is 1. The molecule has 1 aliphatic heterocycles. The highest BCUT2D eigenvalue weighted by atomic mass is 19.1. The lowest BCUT2D eigenvalue weighted by molar-refractivity contribution is -0.110. The molecule has 1 saturated heterocycles. The van der Waals surface area contributed by atoms with Crippen LogP contribution in [-0.4, -0.2) is 79.9 Å². The zero-order valence-electron chi connectivity index (χ0n) is 33.7. The molecule has 0 saturated carbocycles. The largest absolute Gasteiger partial charge is 0.445 e. The molecule has 0 bridgehead atoms. The average Bonchev–Trinajstić information content (AvgIpc) is 3.93.